The third-order valence-electron chi connectivity index (χ3n) is 7.23. The van der Waals surface area contributed by atoms with Crippen molar-refractivity contribution in [3.05, 3.63) is 69.0 Å². The summed E-state index contributed by atoms with van der Waals surface area (Å²) in [6, 6.07) is 6.33. The standard InChI is InChI=1S/C26H24F5NO6/c1-11-16(12-9-10-13(27)19(28)22(12)36-4)23(38-25(11,2)26(29,30)31)20-18(24(34)37-5)21(33)17-14(32-20)7-6-8-15(17)35-3/h6-11,16,23H,1-5H3,(H,32,33)/t11-,16-,23+,25+/m0/s1. The van der Waals surface area contributed by atoms with E-state index < -0.39 is 64.1 Å². The number of halogens is 5. The van der Waals surface area contributed by atoms with E-state index in [1.807, 2.05) is 0 Å². The molecule has 1 fully saturated rings. The monoisotopic (exact) mass is 541 g/mol. The molecule has 2 heterocycles. The first-order chi connectivity index (χ1) is 17.8. The zero-order valence-electron chi connectivity index (χ0n) is 21.0. The molecule has 0 amide bonds. The molecular formula is C26H24F5NO6. The molecule has 3 aromatic rings. The molecule has 1 N–H and O–H groups in total. The van der Waals surface area contributed by atoms with E-state index in [0.717, 1.165) is 33.3 Å². The number of carbonyl (C=O) groups excluding carboxylic acids is 1. The number of ether oxygens (including phenoxy) is 4. The highest BCUT2D eigenvalue weighted by Gasteiger charge is 2.65. The molecule has 0 saturated carbocycles. The Morgan fingerprint density at radius 1 is 1.08 bits per heavy atom. The van der Waals surface area contributed by atoms with Gasteiger partial charge < -0.3 is 23.9 Å². The van der Waals surface area contributed by atoms with Gasteiger partial charge in [0.05, 0.1) is 37.9 Å². The second-order valence-corrected chi connectivity index (χ2v) is 9.06. The normalized spacial score (nSPS) is 23.5. The number of esters is 1. The zero-order valence-corrected chi connectivity index (χ0v) is 21.0. The molecule has 0 spiro atoms. The van der Waals surface area contributed by atoms with Crippen molar-refractivity contribution in [1.29, 1.82) is 0 Å². The number of pyridine rings is 1. The lowest BCUT2D eigenvalue weighted by molar-refractivity contribution is -0.275. The van der Waals surface area contributed by atoms with Gasteiger partial charge in [-0.05, 0) is 25.1 Å². The van der Waals surface area contributed by atoms with E-state index in [0.29, 0.717) is 0 Å². The molecular weight excluding hydrogens is 517 g/mol. The summed E-state index contributed by atoms with van der Waals surface area (Å²) in [6.45, 7) is 2.05. The Morgan fingerprint density at radius 3 is 2.34 bits per heavy atom. The number of aromatic amines is 1. The van der Waals surface area contributed by atoms with Gasteiger partial charge in [0.15, 0.2) is 17.2 Å². The van der Waals surface area contributed by atoms with Crippen LogP contribution in [0.2, 0.25) is 0 Å². The second-order valence-electron chi connectivity index (χ2n) is 9.06. The average Bonchev–Trinajstić information content (AvgIpc) is 3.15. The number of aromatic nitrogens is 1. The molecule has 204 valence electrons. The van der Waals surface area contributed by atoms with Crippen LogP contribution in [0, 0.1) is 17.6 Å². The van der Waals surface area contributed by atoms with E-state index in [-0.39, 0.29) is 27.9 Å². The van der Waals surface area contributed by atoms with Gasteiger partial charge in [0, 0.05) is 17.4 Å². The highest BCUT2D eigenvalue weighted by atomic mass is 19.4. The number of hydrogen-bond donors (Lipinski definition) is 1. The first kappa shape index (κ1) is 27.4. The summed E-state index contributed by atoms with van der Waals surface area (Å²) in [5, 5.41) is -0.0364. The molecule has 0 unspecified atom stereocenters. The average molecular weight is 541 g/mol. The van der Waals surface area contributed by atoms with Gasteiger partial charge in [-0.25, -0.2) is 9.18 Å². The fraction of sp³-hybridized carbons (Fsp3) is 0.385. The van der Waals surface area contributed by atoms with E-state index in [4.69, 9.17) is 18.9 Å². The minimum Gasteiger partial charge on any atom is -0.496 e. The Balaban J connectivity index is 2.10. The molecule has 2 aromatic carbocycles. The SMILES string of the molecule is COC(=O)c1c([C@@H]2O[C@@](C)(C(F)(F)F)[C@@H](C)[C@H]2c2ccc(F)c(F)c2OC)[nH]c2cccc(OC)c2c1=O. The molecule has 0 radical (unpaired) electrons. The van der Waals surface area contributed by atoms with Crippen LogP contribution in [0.1, 0.15) is 47.5 Å². The molecule has 0 bridgehead atoms. The minimum atomic E-state index is -4.92. The van der Waals surface area contributed by atoms with Gasteiger partial charge >= 0.3 is 12.1 Å². The summed E-state index contributed by atoms with van der Waals surface area (Å²) < 4.78 is 92.6. The molecule has 1 aliphatic heterocycles. The molecule has 0 aliphatic carbocycles. The molecule has 1 aromatic heterocycles. The van der Waals surface area contributed by atoms with Crippen molar-refractivity contribution in [3.63, 3.8) is 0 Å². The van der Waals surface area contributed by atoms with Gasteiger partial charge in [-0.3, -0.25) is 4.79 Å². The van der Waals surface area contributed by atoms with Gasteiger partial charge in [-0.2, -0.15) is 17.6 Å². The number of rotatable bonds is 5. The lowest BCUT2D eigenvalue weighted by atomic mass is 9.76. The highest BCUT2D eigenvalue weighted by molar-refractivity contribution is 5.97. The molecule has 4 atom stereocenters. The van der Waals surface area contributed by atoms with Crippen LogP contribution in [0.3, 0.4) is 0 Å². The van der Waals surface area contributed by atoms with E-state index >= 15 is 0 Å². The maximum Gasteiger partial charge on any atom is 0.417 e. The van der Waals surface area contributed by atoms with Gasteiger partial charge in [0.25, 0.3) is 0 Å². The van der Waals surface area contributed by atoms with Crippen LogP contribution in [0.15, 0.2) is 35.1 Å². The van der Waals surface area contributed by atoms with Crippen molar-refractivity contribution in [2.24, 2.45) is 5.92 Å². The Labute approximate surface area is 213 Å². The zero-order chi connectivity index (χ0) is 28.2. The van der Waals surface area contributed by atoms with Crippen LogP contribution < -0.4 is 14.9 Å². The van der Waals surface area contributed by atoms with Gasteiger partial charge in [0.1, 0.15) is 17.4 Å². The molecule has 4 rings (SSSR count). The molecule has 1 saturated heterocycles. The van der Waals surface area contributed by atoms with Crippen molar-refractivity contribution < 1.29 is 45.7 Å². The lowest BCUT2D eigenvalue weighted by Gasteiger charge is -2.32. The van der Waals surface area contributed by atoms with Gasteiger partial charge in [0.2, 0.25) is 11.2 Å². The van der Waals surface area contributed by atoms with Crippen molar-refractivity contribution >= 4 is 16.9 Å². The summed E-state index contributed by atoms with van der Waals surface area (Å²) >= 11 is 0. The minimum absolute atomic E-state index is 0.0364. The van der Waals surface area contributed by atoms with Crippen LogP contribution in [0.5, 0.6) is 11.5 Å². The molecule has 12 heteroatoms. The summed E-state index contributed by atoms with van der Waals surface area (Å²) in [4.78, 5) is 29.3. The summed E-state index contributed by atoms with van der Waals surface area (Å²) in [7, 11) is 3.36. The number of methoxy groups -OCH3 is 3. The van der Waals surface area contributed by atoms with Crippen LogP contribution in [0.25, 0.3) is 10.9 Å². The van der Waals surface area contributed by atoms with Crippen LogP contribution >= 0.6 is 0 Å². The first-order valence-electron chi connectivity index (χ1n) is 11.4. The van der Waals surface area contributed by atoms with Gasteiger partial charge in [-0.15, -0.1) is 0 Å². The maximum atomic E-state index is 14.7. The molecule has 38 heavy (non-hydrogen) atoms. The summed E-state index contributed by atoms with van der Waals surface area (Å²) in [5.74, 6) is -7.08. The predicted molar refractivity (Wildman–Crippen MR) is 126 cm³/mol. The number of alkyl halides is 3. The smallest absolute Gasteiger partial charge is 0.417 e. The molecule has 7 nitrogen and oxygen atoms in total. The Morgan fingerprint density at radius 2 is 1.76 bits per heavy atom. The second kappa shape index (κ2) is 9.57. The fourth-order valence-electron chi connectivity index (χ4n) is 5.07. The third kappa shape index (κ3) is 3.98. The largest absolute Gasteiger partial charge is 0.496 e. The number of fused-ring (bicyclic) bond motifs is 1. The number of hydrogen-bond acceptors (Lipinski definition) is 6. The van der Waals surface area contributed by atoms with Crippen molar-refractivity contribution in [2.75, 3.05) is 21.3 Å². The summed E-state index contributed by atoms with van der Waals surface area (Å²) in [6.07, 6.45) is -6.58. The van der Waals surface area contributed by atoms with E-state index in [2.05, 4.69) is 4.98 Å². The summed E-state index contributed by atoms with van der Waals surface area (Å²) in [5.41, 5.74) is -4.61. The molecule has 1 aliphatic rings. The van der Waals surface area contributed by atoms with Crippen LogP contribution in [0.4, 0.5) is 22.0 Å². The van der Waals surface area contributed by atoms with Crippen LogP contribution in [-0.2, 0) is 9.47 Å². The Kier molecular flexibility index (Phi) is 6.89. The van der Waals surface area contributed by atoms with Gasteiger partial charge in [-0.1, -0.05) is 19.1 Å². The highest BCUT2D eigenvalue weighted by Crippen LogP contribution is 2.59. The number of benzene rings is 2. The number of nitrogens with one attached hydrogen (secondary N) is 1. The van der Waals surface area contributed by atoms with Crippen molar-refractivity contribution in [3.8, 4) is 11.5 Å². The van der Waals surface area contributed by atoms with Crippen molar-refractivity contribution in [1.82, 2.24) is 4.98 Å². The predicted octanol–water partition coefficient (Wildman–Crippen LogP) is 5.42. The number of H-pyrrole nitrogens is 1. The number of carbonyl (C=O) groups is 1. The van der Waals surface area contributed by atoms with Crippen LogP contribution in [-0.4, -0.2) is 44.1 Å². The maximum absolute atomic E-state index is 14.7. The topological polar surface area (TPSA) is 86.8 Å². The third-order valence-corrected chi connectivity index (χ3v) is 7.23. The Hall–Kier alpha value is -3.67. The van der Waals surface area contributed by atoms with E-state index in [1.165, 1.54) is 32.2 Å². The first-order valence-corrected chi connectivity index (χ1v) is 11.4. The van der Waals surface area contributed by atoms with E-state index in [9.17, 15) is 31.5 Å². The Bertz CT molecular complexity index is 1470. The quantitative estimate of drug-likeness (QED) is 0.343. The lowest BCUT2D eigenvalue weighted by Crippen LogP contribution is -2.46. The van der Waals surface area contributed by atoms with Crippen molar-refractivity contribution in [2.45, 2.75) is 37.6 Å². The fourth-order valence-corrected chi connectivity index (χ4v) is 5.07. The van der Waals surface area contributed by atoms with E-state index in [1.54, 1.807) is 0 Å².